The van der Waals surface area contributed by atoms with E-state index in [-0.39, 0.29) is 10.8 Å². The maximum atomic E-state index is 11.2. The summed E-state index contributed by atoms with van der Waals surface area (Å²) >= 11 is 0. The van der Waals surface area contributed by atoms with Crippen molar-refractivity contribution in [1.82, 2.24) is 4.90 Å². The molecule has 0 spiro atoms. The predicted molar refractivity (Wildman–Crippen MR) is 82.6 cm³/mol. The van der Waals surface area contributed by atoms with Crippen LogP contribution in [0.2, 0.25) is 0 Å². The second-order valence-electron chi connectivity index (χ2n) is 7.87. The lowest BCUT2D eigenvalue weighted by Gasteiger charge is -2.46. The number of likely N-dealkylation sites (N-methyl/N-ethyl adjacent to an activating group) is 1. The van der Waals surface area contributed by atoms with Gasteiger partial charge >= 0.3 is 0 Å². The summed E-state index contributed by atoms with van der Waals surface area (Å²) in [7, 11) is 0. The average molecular weight is 283 g/mol. The van der Waals surface area contributed by atoms with Gasteiger partial charge in [-0.05, 0) is 43.7 Å². The zero-order valence-corrected chi connectivity index (χ0v) is 13.9. The van der Waals surface area contributed by atoms with Gasteiger partial charge in [0.1, 0.15) is 0 Å². The minimum Gasteiger partial charge on any atom is -0.392 e. The first-order valence-corrected chi connectivity index (χ1v) is 8.33. The lowest BCUT2D eigenvalue weighted by molar-refractivity contribution is -0.116. The topological polar surface area (TPSA) is 43.7 Å². The van der Waals surface area contributed by atoms with Gasteiger partial charge in [-0.15, -0.1) is 0 Å². The molecule has 2 rings (SSSR count). The van der Waals surface area contributed by atoms with E-state index < -0.39 is 11.7 Å². The third kappa shape index (κ3) is 2.22. The van der Waals surface area contributed by atoms with Gasteiger partial charge in [0.15, 0.2) is 0 Å². The number of fused-ring (bicyclic) bond motifs is 2. The Kier molecular flexibility index (Phi) is 4.27. The molecule has 0 aromatic rings. The highest BCUT2D eigenvalue weighted by Gasteiger charge is 2.68. The van der Waals surface area contributed by atoms with Crippen LogP contribution in [-0.4, -0.2) is 46.5 Å². The maximum absolute atomic E-state index is 11.2. The van der Waals surface area contributed by atoms with Crippen molar-refractivity contribution < 1.29 is 10.2 Å². The van der Waals surface area contributed by atoms with Crippen LogP contribution in [0.4, 0.5) is 0 Å². The van der Waals surface area contributed by atoms with Crippen LogP contribution < -0.4 is 0 Å². The molecule has 4 atom stereocenters. The number of hydrogen-bond donors (Lipinski definition) is 2. The molecule has 0 aliphatic heterocycles. The number of aliphatic hydroxyl groups excluding tert-OH is 1. The molecule has 2 fully saturated rings. The standard InChI is InChI=1S/C17H33NO2/c1-6-18(7-2)12-14(19)11-17(20)10-13-8-9-16(17,5)15(13,3)4/h13-14,19-20H,6-12H2,1-5H3/t13-,14+,16-,17+/m1/s1. The Morgan fingerprint density at radius 3 is 2.20 bits per heavy atom. The zero-order valence-electron chi connectivity index (χ0n) is 13.9. The monoisotopic (exact) mass is 283 g/mol. The van der Waals surface area contributed by atoms with Gasteiger partial charge in [-0.3, -0.25) is 0 Å². The summed E-state index contributed by atoms with van der Waals surface area (Å²) in [6, 6.07) is 0. The van der Waals surface area contributed by atoms with Gasteiger partial charge < -0.3 is 15.1 Å². The molecule has 2 saturated carbocycles. The second-order valence-corrected chi connectivity index (χ2v) is 7.87. The van der Waals surface area contributed by atoms with Crippen LogP contribution >= 0.6 is 0 Å². The molecule has 0 saturated heterocycles. The molecule has 20 heavy (non-hydrogen) atoms. The first-order valence-electron chi connectivity index (χ1n) is 8.33. The van der Waals surface area contributed by atoms with Crippen molar-refractivity contribution in [2.24, 2.45) is 16.7 Å². The second kappa shape index (κ2) is 5.26. The highest BCUT2D eigenvalue weighted by Crippen LogP contribution is 2.70. The van der Waals surface area contributed by atoms with E-state index in [1.54, 1.807) is 0 Å². The molecule has 0 aromatic carbocycles. The van der Waals surface area contributed by atoms with Gasteiger partial charge in [0.25, 0.3) is 0 Å². The number of rotatable bonds is 6. The summed E-state index contributed by atoms with van der Waals surface area (Å²) in [5, 5.41) is 21.6. The van der Waals surface area contributed by atoms with E-state index in [0.29, 0.717) is 18.9 Å². The largest absolute Gasteiger partial charge is 0.392 e. The van der Waals surface area contributed by atoms with Crippen LogP contribution in [-0.2, 0) is 0 Å². The van der Waals surface area contributed by atoms with Crippen molar-refractivity contribution in [2.75, 3.05) is 19.6 Å². The Morgan fingerprint density at radius 2 is 1.80 bits per heavy atom. The van der Waals surface area contributed by atoms with Crippen LogP contribution in [0.15, 0.2) is 0 Å². The molecule has 0 radical (unpaired) electrons. The van der Waals surface area contributed by atoms with Crippen molar-refractivity contribution in [3.8, 4) is 0 Å². The summed E-state index contributed by atoms with van der Waals surface area (Å²) in [4.78, 5) is 2.23. The molecule has 2 aliphatic rings. The molecule has 0 heterocycles. The molecule has 0 aromatic heterocycles. The van der Waals surface area contributed by atoms with E-state index in [0.717, 1.165) is 25.9 Å². The van der Waals surface area contributed by atoms with Gasteiger partial charge in [-0.2, -0.15) is 0 Å². The first-order chi connectivity index (χ1) is 9.20. The van der Waals surface area contributed by atoms with E-state index in [2.05, 4.69) is 39.5 Å². The van der Waals surface area contributed by atoms with Crippen molar-refractivity contribution in [1.29, 1.82) is 0 Å². The van der Waals surface area contributed by atoms with Crippen LogP contribution in [0.5, 0.6) is 0 Å². The van der Waals surface area contributed by atoms with Gasteiger partial charge in [0.2, 0.25) is 0 Å². The van der Waals surface area contributed by atoms with E-state index in [9.17, 15) is 10.2 Å². The Morgan fingerprint density at radius 1 is 1.20 bits per heavy atom. The molecular weight excluding hydrogens is 250 g/mol. The Balaban J connectivity index is 2.06. The minimum absolute atomic E-state index is 0.0467. The third-order valence-corrected chi connectivity index (χ3v) is 6.98. The quantitative estimate of drug-likeness (QED) is 0.787. The summed E-state index contributed by atoms with van der Waals surface area (Å²) < 4.78 is 0. The van der Waals surface area contributed by atoms with E-state index in [4.69, 9.17) is 0 Å². The number of aliphatic hydroxyl groups is 2. The van der Waals surface area contributed by atoms with Crippen LogP contribution in [0, 0.1) is 16.7 Å². The summed E-state index contributed by atoms with van der Waals surface area (Å²) in [6.07, 6.45) is 3.30. The fourth-order valence-electron chi connectivity index (χ4n) is 4.96. The third-order valence-electron chi connectivity index (χ3n) is 6.98. The zero-order chi connectivity index (χ0) is 15.2. The van der Waals surface area contributed by atoms with E-state index in [1.807, 2.05) is 0 Å². The molecule has 2 N–H and O–H groups in total. The Labute approximate surface area is 124 Å². The summed E-state index contributed by atoms with van der Waals surface area (Å²) in [5.74, 6) is 0.609. The van der Waals surface area contributed by atoms with E-state index in [1.165, 1.54) is 6.42 Å². The fourth-order valence-corrected chi connectivity index (χ4v) is 4.96. The van der Waals surface area contributed by atoms with Crippen LogP contribution in [0.1, 0.15) is 60.3 Å². The smallest absolute Gasteiger partial charge is 0.0734 e. The fraction of sp³-hybridized carbons (Fsp3) is 1.00. The summed E-state index contributed by atoms with van der Waals surface area (Å²) in [6.45, 7) is 13.7. The molecule has 3 heteroatoms. The molecule has 0 amide bonds. The highest BCUT2D eigenvalue weighted by atomic mass is 16.3. The molecule has 118 valence electrons. The van der Waals surface area contributed by atoms with Gasteiger partial charge in [-0.25, -0.2) is 0 Å². The molecular formula is C17H33NO2. The summed E-state index contributed by atoms with van der Waals surface area (Å²) in [5.41, 5.74) is -0.544. The van der Waals surface area contributed by atoms with Crippen molar-refractivity contribution in [3.05, 3.63) is 0 Å². The van der Waals surface area contributed by atoms with Crippen LogP contribution in [0.3, 0.4) is 0 Å². The number of hydrogen-bond acceptors (Lipinski definition) is 3. The molecule has 3 nitrogen and oxygen atoms in total. The molecule has 2 bridgehead atoms. The average Bonchev–Trinajstić information content (AvgIpc) is 2.67. The lowest BCUT2D eigenvalue weighted by Crippen LogP contribution is -2.50. The SMILES string of the molecule is CCN(CC)C[C@@H](O)C[C@@]1(O)C[C@H]2CC[C@]1(C)C2(C)C. The lowest BCUT2D eigenvalue weighted by atomic mass is 9.63. The van der Waals surface area contributed by atoms with Gasteiger partial charge in [0.05, 0.1) is 11.7 Å². The van der Waals surface area contributed by atoms with Crippen molar-refractivity contribution in [2.45, 2.75) is 72.0 Å². The number of nitrogens with zero attached hydrogens (tertiary/aromatic N) is 1. The Bertz CT molecular complexity index is 353. The van der Waals surface area contributed by atoms with E-state index >= 15 is 0 Å². The minimum atomic E-state index is -0.689. The van der Waals surface area contributed by atoms with Crippen LogP contribution in [0.25, 0.3) is 0 Å². The molecule has 0 unspecified atom stereocenters. The van der Waals surface area contributed by atoms with Crippen molar-refractivity contribution in [3.63, 3.8) is 0 Å². The highest BCUT2D eigenvalue weighted by molar-refractivity contribution is 5.18. The van der Waals surface area contributed by atoms with Gasteiger partial charge in [-0.1, -0.05) is 34.6 Å². The first kappa shape index (κ1) is 16.3. The normalized spacial score (nSPS) is 40.5. The Hall–Kier alpha value is -0.120. The van der Waals surface area contributed by atoms with Gasteiger partial charge in [0, 0.05) is 18.4 Å². The molecule has 2 aliphatic carbocycles. The predicted octanol–water partition coefficient (Wildman–Crippen LogP) is 2.66. The maximum Gasteiger partial charge on any atom is 0.0734 e. The van der Waals surface area contributed by atoms with Crippen molar-refractivity contribution >= 4 is 0 Å².